The summed E-state index contributed by atoms with van der Waals surface area (Å²) in [5.74, 6) is 0.108. The van der Waals surface area contributed by atoms with Crippen molar-refractivity contribution in [1.82, 2.24) is 0 Å². The topological polar surface area (TPSA) is 17.1 Å². The van der Waals surface area contributed by atoms with Crippen molar-refractivity contribution < 1.29 is 4.79 Å². The SMILES string of the molecule is C=C1CCCC(=O)C1C(=C)c1ccc(C)cc1C. The minimum Gasteiger partial charge on any atom is -0.299 e. The maximum atomic E-state index is 12.1. The van der Waals surface area contributed by atoms with Crippen LogP contribution in [0.5, 0.6) is 0 Å². The highest BCUT2D eigenvalue weighted by Crippen LogP contribution is 2.36. The normalized spacial score (nSPS) is 20.0. The van der Waals surface area contributed by atoms with Crippen LogP contribution in [-0.2, 0) is 4.79 Å². The third-order valence-corrected chi connectivity index (χ3v) is 3.73. The Morgan fingerprint density at radius 2 is 2.00 bits per heavy atom. The quantitative estimate of drug-likeness (QED) is 0.706. The summed E-state index contributed by atoms with van der Waals surface area (Å²) in [6.45, 7) is 12.4. The third kappa shape index (κ3) is 2.31. The number of aryl methyl sites for hydroxylation is 2. The highest BCUT2D eigenvalue weighted by molar-refractivity contribution is 5.96. The first-order valence-corrected chi connectivity index (χ1v) is 6.47. The Labute approximate surface area is 109 Å². The second-order valence-electron chi connectivity index (χ2n) is 5.25. The highest BCUT2D eigenvalue weighted by atomic mass is 16.1. The van der Waals surface area contributed by atoms with E-state index in [0.717, 1.165) is 29.6 Å². The van der Waals surface area contributed by atoms with Crippen molar-refractivity contribution in [2.45, 2.75) is 33.1 Å². The molecule has 0 N–H and O–H groups in total. The van der Waals surface area contributed by atoms with Crippen LogP contribution in [0.2, 0.25) is 0 Å². The van der Waals surface area contributed by atoms with E-state index in [1.807, 2.05) is 0 Å². The molecule has 0 aromatic heterocycles. The molecule has 0 heterocycles. The van der Waals surface area contributed by atoms with Crippen LogP contribution in [0.4, 0.5) is 0 Å². The number of ketones is 1. The lowest BCUT2D eigenvalue weighted by molar-refractivity contribution is -0.121. The van der Waals surface area contributed by atoms with E-state index in [1.165, 1.54) is 11.1 Å². The molecule has 1 unspecified atom stereocenters. The number of allylic oxidation sites excluding steroid dienone is 2. The van der Waals surface area contributed by atoms with Crippen LogP contribution in [0, 0.1) is 19.8 Å². The van der Waals surface area contributed by atoms with Crippen molar-refractivity contribution >= 4 is 11.4 Å². The lowest BCUT2D eigenvalue weighted by Gasteiger charge is -2.26. The Balaban J connectivity index is 2.35. The Kier molecular flexibility index (Phi) is 3.51. The zero-order valence-electron chi connectivity index (χ0n) is 11.3. The van der Waals surface area contributed by atoms with Crippen LogP contribution in [0.15, 0.2) is 36.9 Å². The second kappa shape index (κ2) is 4.93. The zero-order valence-corrected chi connectivity index (χ0v) is 11.3. The fraction of sp³-hybridized carbons (Fsp3) is 0.353. The third-order valence-electron chi connectivity index (χ3n) is 3.73. The Morgan fingerprint density at radius 1 is 1.28 bits per heavy atom. The van der Waals surface area contributed by atoms with Gasteiger partial charge in [0.2, 0.25) is 0 Å². The van der Waals surface area contributed by atoms with Crippen molar-refractivity contribution in [2.24, 2.45) is 5.92 Å². The van der Waals surface area contributed by atoms with Crippen molar-refractivity contribution in [2.75, 3.05) is 0 Å². The van der Waals surface area contributed by atoms with E-state index in [2.05, 4.69) is 45.2 Å². The fourth-order valence-corrected chi connectivity index (χ4v) is 2.78. The molecule has 1 aromatic rings. The monoisotopic (exact) mass is 240 g/mol. The minimum atomic E-state index is -0.167. The van der Waals surface area contributed by atoms with E-state index in [-0.39, 0.29) is 11.7 Å². The molecule has 0 aliphatic heterocycles. The molecular formula is C17H20O. The van der Waals surface area contributed by atoms with Gasteiger partial charge in [-0.2, -0.15) is 0 Å². The molecule has 0 spiro atoms. The number of carbonyl (C=O) groups excluding carboxylic acids is 1. The lowest BCUT2D eigenvalue weighted by atomic mass is 9.77. The molecule has 0 radical (unpaired) electrons. The summed E-state index contributed by atoms with van der Waals surface area (Å²) >= 11 is 0. The molecule has 1 saturated carbocycles. The largest absolute Gasteiger partial charge is 0.299 e. The van der Waals surface area contributed by atoms with Gasteiger partial charge in [-0.05, 0) is 43.4 Å². The summed E-state index contributed by atoms with van der Waals surface area (Å²) in [5, 5.41) is 0. The molecule has 18 heavy (non-hydrogen) atoms. The highest BCUT2D eigenvalue weighted by Gasteiger charge is 2.28. The molecule has 1 aromatic carbocycles. The Hall–Kier alpha value is -1.63. The predicted molar refractivity (Wildman–Crippen MR) is 76.4 cm³/mol. The Bertz CT molecular complexity index is 506. The maximum Gasteiger partial charge on any atom is 0.144 e. The molecule has 0 bridgehead atoms. The molecular weight excluding hydrogens is 220 g/mol. The molecule has 2 rings (SSSR count). The van der Waals surface area contributed by atoms with Crippen LogP contribution < -0.4 is 0 Å². The zero-order chi connectivity index (χ0) is 13.3. The van der Waals surface area contributed by atoms with Gasteiger partial charge in [-0.25, -0.2) is 0 Å². The fourth-order valence-electron chi connectivity index (χ4n) is 2.78. The van der Waals surface area contributed by atoms with Crippen LogP contribution in [-0.4, -0.2) is 5.78 Å². The minimum absolute atomic E-state index is 0.167. The first-order chi connectivity index (χ1) is 8.50. The van der Waals surface area contributed by atoms with E-state index < -0.39 is 0 Å². The molecule has 0 saturated heterocycles. The van der Waals surface area contributed by atoms with Gasteiger partial charge >= 0.3 is 0 Å². The molecule has 1 aliphatic rings. The van der Waals surface area contributed by atoms with Gasteiger partial charge in [0, 0.05) is 6.42 Å². The van der Waals surface area contributed by atoms with Gasteiger partial charge < -0.3 is 0 Å². The van der Waals surface area contributed by atoms with Crippen molar-refractivity contribution in [3.8, 4) is 0 Å². The summed E-state index contributed by atoms with van der Waals surface area (Å²) < 4.78 is 0. The predicted octanol–water partition coefficient (Wildman–Crippen LogP) is 4.24. The van der Waals surface area contributed by atoms with Gasteiger partial charge in [-0.1, -0.05) is 42.5 Å². The summed E-state index contributed by atoms with van der Waals surface area (Å²) in [7, 11) is 0. The van der Waals surface area contributed by atoms with E-state index in [1.54, 1.807) is 0 Å². The number of hydrogen-bond acceptors (Lipinski definition) is 1. The molecule has 94 valence electrons. The average Bonchev–Trinajstić information content (AvgIpc) is 2.28. The molecule has 1 fully saturated rings. The molecule has 1 atom stereocenters. The lowest BCUT2D eigenvalue weighted by Crippen LogP contribution is -2.22. The van der Waals surface area contributed by atoms with Crippen molar-refractivity contribution in [3.05, 3.63) is 53.6 Å². The summed E-state index contributed by atoms with van der Waals surface area (Å²) in [6.07, 6.45) is 2.54. The van der Waals surface area contributed by atoms with Gasteiger partial charge in [0.25, 0.3) is 0 Å². The molecule has 1 aliphatic carbocycles. The number of carbonyl (C=O) groups is 1. The van der Waals surface area contributed by atoms with Crippen LogP contribution in [0.3, 0.4) is 0 Å². The van der Waals surface area contributed by atoms with Crippen molar-refractivity contribution in [3.63, 3.8) is 0 Å². The molecule has 1 nitrogen and oxygen atoms in total. The molecule has 1 heteroatoms. The second-order valence-corrected chi connectivity index (χ2v) is 5.25. The Morgan fingerprint density at radius 3 is 2.61 bits per heavy atom. The first kappa shape index (κ1) is 12.8. The summed E-state index contributed by atoms with van der Waals surface area (Å²) in [4.78, 5) is 12.1. The average molecular weight is 240 g/mol. The van der Waals surface area contributed by atoms with Crippen LogP contribution in [0.25, 0.3) is 5.57 Å². The van der Waals surface area contributed by atoms with E-state index >= 15 is 0 Å². The summed E-state index contributed by atoms with van der Waals surface area (Å²) in [6, 6.07) is 6.28. The molecule has 0 amide bonds. The smallest absolute Gasteiger partial charge is 0.144 e. The van der Waals surface area contributed by atoms with Crippen LogP contribution in [0.1, 0.15) is 36.0 Å². The number of benzene rings is 1. The van der Waals surface area contributed by atoms with Gasteiger partial charge in [0.05, 0.1) is 5.92 Å². The first-order valence-electron chi connectivity index (χ1n) is 6.47. The number of rotatable bonds is 2. The standard InChI is InChI=1S/C17H20O/c1-11-8-9-15(13(3)10-11)14(4)17-12(2)6-5-7-16(17)18/h8-10,17H,2,4-7H2,1,3H3. The van der Waals surface area contributed by atoms with Gasteiger partial charge in [0.1, 0.15) is 5.78 Å². The van der Waals surface area contributed by atoms with Gasteiger partial charge in [-0.3, -0.25) is 4.79 Å². The van der Waals surface area contributed by atoms with Crippen LogP contribution >= 0.6 is 0 Å². The maximum absolute atomic E-state index is 12.1. The van der Waals surface area contributed by atoms with Crippen molar-refractivity contribution in [1.29, 1.82) is 0 Å². The van der Waals surface area contributed by atoms with Gasteiger partial charge in [-0.15, -0.1) is 0 Å². The summed E-state index contributed by atoms with van der Waals surface area (Å²) in [5.41, 5.74) is 5.46. The van der Waals surface area contributed by atoms with E-state index in [0.29, 0.717) is 6.42 Å². The van der Waals surface area contributed by atoms with Gasteiger partial charge in [0.15, 0.2) is 0 Å². The van der Waals surface area contributed by atoms with E-state index in [4.69, 9.17) is 0 Å². The number of Topliss-reactive ketones (excluding diaryl/α,β-unsaturated/α-hetero) is 1. The van der Waals surface area contributed by atoms with E-state index in [9.17, 15) is 4.79 Å². The number of hydrogen-bond donors (Lipinski definition) is 0.